The lowest BCUT2D eigenvalue weighted by Crippen LogP contribution is -2.44. The zero-order valence-electron chi connectivity index (χ0n) is 9.59. The second-order valence-corrected chi connectivity index (χ2v) is 4.06. The molecule has 1 atom stereocenters. The van der Waals surface area contributed by atoms with Gasteiger partial charge in [-0.15, -0.1) is 0 Å². The van der Waals surface area contributed by atoms with Crippen LogP contribution in [0.5, 0.6) is 0 Å². The number of aryl methyl sites for hydroxylation is 2. The number of likely N-dealkylation sites (N-methyl/N-ethyl adjacent to an activating group) is 1. The Morgan fingerprint density at radius 1 is 1.27 bits per heavy atom. The monoisotopic (exact) mass is 207 g/mol. The van der Waals surface area contributed by atoms with Crippen LogP contribution in [0.2, 0.25) is 0 Å². The van der Waals surface area contributed by atoms with E-state index < -0.39 is 11.5 Å². The highest BCUT2D eigenvalue weighted by Crippen LogP contribution is 2.23. The van der Waals surface area contributed by atoms with E-state index in [1.807, 2.05) is 32.0 Å². The Hall–Kier alpha value is -1.35. The number of nitrogens with one attached hydrogen (secondary N) is 1. The van der Waals surface area contributed by atoms with Crippen molar-refractivity contribution in [1.82, 2.24) is 5.32 Å². The molecular formula is C12H17NO2. The molecule has 0 amide bonds. The van der Waals surface area contributed by atoms with Gasteiger partial charge in [0.1, 0.15) is 5.54 Å². The first kappa shape index (κ1) is 11.7. The standard InChI is InChI=1S/C12H17NO2/c1-8-5-9(2)7-10(6-8)12(3,13-4)11(14)15/h5-7,13H,1-4H3,(H,14,15). The molecule has 0 spiro atoms. The average Bonchev–Trinajstić information content (AvgIpc) is 2.14. The molecule has 0 radical (unpaired) electrons. The Bertz CT molecular complexity index is 367. The molecule has 1 unspecified atom stereocenters. The molecule has 0 saturated carbocycles. The molecule has 15 heavy (non-hydrogen) atoms. The average molecular weight is 207 g/mol. The first-order valence-corrected chi connectivity index (χ1v) is 4.91. The van der Waals surface area contributed by atoms with Gasteiger partial charge in [0, 0.05) is 0 Å². The predicted molar refractivity (Wildman–Crippen MR) is 60.0 cm³/mol. The summed E-state index contributed by atoms with van der Waals surface area (Å²) in [6, 6.07) is 5.83. The normalized spacial score (nSPS) is 14.7. The minimum absolute atomic E-state index is 0.787. The number of rotatable bonds is 3. The van der Waals surface area contributed by atoms with E-state index in [-0.39, 0.29) is 0 Å². The van der Waals surface area contributed by atoms with Crippen molar-refractivity contribution in [2.75, 3.05) is 7.05 Å². The molecule has 0 aliphatic carbocycles. The largest absolute Gasteiger partial charge is 0.480 e. The Balaban J connectivity index is 3.29. The maximum atomic E-state index is 11.2. The number of carbonyl (C=O) groups is 1. The molecule has 0 aliphatic rings. The fourth-order valence-electron chi connectivity index (χ4n) is 1.64. The van der Waals surface area contributed by atoms with Gasteiger partial charge in [-0.1, -0.05) is 29.3 Å². The Morgan fingerprint density at radius 2 is 1.73 bits per heavy atom. The van der Waals surface area contributed by atoms with Crippen molar-refractivity contribution in [3.63, 3.8) is 0 Å². The summed E-state index contributed by atoms with van der Waals surface area (Å²) in [7, 11) is 1.66. The quantitative estimate of drug-likeness (QED) is 0.795. The minimum Gasteiger partial charge on any atom is -0.480 e. The van der Waals surface area contributed by atoms with Crippen LogP contribution in [-0.4, -0.2) is 18.1 Å². The van der Waals surface area contributed by atoms with Gasteiger partial charge in [-0.25, -0.2) is 4.79 Å². The van der Waals surface area contributed by atoms with Gasteiger partial charge >= 0.3 is 5.97 Å². The maximum absolute atomic E-state index is 11.2. The van der Waals surface area contributed by atoms with Gasteiger partial charge in [-0.2, -0.15) is 0 Å². The van der Waals surface area contributed by atoms with E-state index in [2.05, 4.69) is 5.32 Å². The number of carboxylic acid groups (broad SMARTS) is 1. The SMILES string of the molecule is CNC(C)(C(=O)O)c1cc(C)cc(C)c1. The molecular weight excluding hydrogens is 190 g/mol. The highest BCUT2D eigenvalue weighted by molar-refractivity contribution is 5.80. The van der Waals surface area contributed by atoms with E-state index >= 15 is 0 Å². The summed E-state index contributed by atoms with van der Waals surface area (Å²) in [6.07, 6.45) is 0. The molecule has 1 rings (SSSR count). The van der Waals surface area contributed by atoms with Crippen molar-refractivity contribution in [2.45, 2.75) is 26.3 Å². The lowest BCUT2D eigenvalue weighted by Gasteiger charge is -2.25. The number of hydrogen-bond donors (Lipinski definition) is 2. The van der Waals surface area contributed by atoms with Gasteiger partial charge in [0.25, 0.3) is 0 Å². The van der Waals surface area contributed by atoms with E-state index in [4.69, 9.17) is 0 Å². The molecule has 3 nitrogen and oxygen atoms in total. The van der Waals surface area contributed by atoms with E-state index in [1.54, 1.807) is 14.0 Å². The van der Waals surface area contributed by atoms with Crippen LogP contribution in [0, 0.1) is 13.8 Å². The fourth-order valence-corrected chi connectivity index (χ4v) is 1.64. The minimum atomic E-state index is -1.02. The summed E-state index contributed by atoms with van der Waals surface area (Å²) in [4.78, 5) is 11.2. The van der Waals surface area contributed by atoms with E-state index in [0.717, 1.165) is 16.7 Å². The third kappa shape index (κ3) is 2.18. The van der Waals surface area contributed by atoms with Crippen molar-refractivity contribution in [3.8, 4) is 0 Å². The van der Waals surface area contributed by atoms with E-state index in [1.165, 1.54) is 0 Å². The molecule has 0 aromatic heterocycles. The van der Waals surface area contributed by atoms with Gasteiger partial charge in [0.05, 0.1) is 0 Å². The van der Waals surface area contributed by atoms with Crippen molar-refractivity contribution in [2.24, 2.45) is 0 Å². The predicted octanol–water partition coefficient (Wildman–Crippen LogP) is 1.82. The first-order chi connectivity index (χ1) is 6.90. The second kappa shape index (κ2) is 4.03. The van der Waals surface area contributed by atoms with E-state index in [9.17, 15) is 9.90 Å². The molecule has 0 saturated heterocycles. The van der Waals surface area contributed by atoms with Gasteiger partial charge in [-0.3, -0.25) is 0 Å². The van der Waals surface area contributed by atoms with Crippen LogP contribution in [0.4, 0.5) is 0 Å². The van der Waals surface area contributed by atoms with Crippen molar-refractivity contribution < 1.29 is 9.90 Å². The molecule has 0 aliphatic heterocycles. The number of aliphatic carboxylic acids is 1. The summed E-state index contributed by atoms with van der Waals surface area (Å²) in [6.45, 7) is 5.60. The maximum Gasteiger partial charge on any atom is 0.328 e. The van der Waals surface area contributed by atoms with Crippen LogP contribution in [-0.2, 0) is 10.3 Å². The molecule has 0 fully saturated rings. The lowest BCUT2D eigenvalue weighted by atomic mass is 9.90. The van der Waals surface area contributed by atoms with Crippen molar-refractivity contribution in [3.05, 3.63) is 34.9 Å². The van der Waals surface area contributed by atoms with E-state index in [0.29, 0.717) is 0 Å². The highest BCUT2D eigenvalue weighted by atomic mass is 16.4. The van der Waals surface area contributed by atoms with Crippen molar-refractivity contribution in [1.29, 1.82) is 0 Å². The van der Waals surface area contributed by atoms with Gasteiger partial charge in [-0.05, 0) is 33.4 Å². The highest BCUT2D eigenvalue weighted by Gasteiger charge is 2.33. The first-order valence-electron chi connectivity index (χ1n) is 4.91. The van der Waals surface area contributed by atoms with Crippen LogP contribution < -0.4 is 5.32 Å². The number of carboxylic acids is 1. The van der Waals surface area contributed by atoms with Gasteiger partial charge < -0.3 is 10.4 Å². The summed E-state index contributed by atoms with van der Waals surface area (Å²) >= 11 is 0. The Kier molecular flexibility index (Phi) is 3.15. The van der Waals surface area contributed by atoms with Gasteiger partial charge in [0.2, 0.25) is 0 Å². The summed E-state index contributed by atoms with van der Waals surface area (Å²) < 4.78 is 0. The smallest absolute Gasteiger partial charge is 0.328 e. The van der Waals surface area contributed by atoms with Crippen LogP contribution in [0.25, 0.3) is 0 Å². The lowest BCUT2D eigenvalue weighted by molar-refractivity contribution is -0.144. The third-order valence-electron chi connectivity index (χ3n) is 2.73. The zero-order chi connectivity index (χ0) is 11.6. The molecule has 3 heteroatoms. The molecule has 1 aromatic rings. The van der Waals surface area contributed by atoms with Crippen LogP contribution in [0.3, 0.4) is 0 Å². The topological polar surface area (TPSA) is 49.3 Å². The third-order valence-corrected chi connectivity index (χ3v) is 2.73. The molecule has 2 N–H and O–H groups in total. The van der Waals surface area contributed by atoms with Crippen molar-refractivity contribution >= 4 is 5.97 Å². The molecule has 0 heterocycles. The summed E-state index contributed by atoms with van der Waals surface area (Å²) in [5, 5.41) is 12.1. The van der Waals surface area contributed by atoms with Crippen LogP contribution in [0.15, 0.2) is 18.2 Å². The second-order valence-electron chi connectivity index (χ2n) is 4.06. The summed E-state index contributed by atoms with van der Waals surface area (Å²) in [5.74, 6) is -0.866. The fraction of sp³-hybridized carbons (Fsp3) is 0.417. The molecule has 1 aromatic carbocycles. The van der Waals surface area contributed by atoms with Crippen LogP contribution >= 0.6 is 0 Å². The summed E-state index contributed by atoms with van der Waals surface area (Å²) in [5.41, 5.74) is 1.92. The Labute approximate surface area is 90.1 Å². The van der Waals surface area contributed by atoms with Crippen LogP contribution in [0.1, 0.15) is 23.6 Å². The molecule has 82 valence electrons. The Morgan fingerprint density at radius 3 is 2.07 bits per heavy atom. The molecule has 0 bridgehead atoms. The number of benzene rings is 1. The van der Waals surface area contributed by atoms with Gasteiger partial charge in [0.15, 0.2) is 0 Å². The number of hydrogen-bond acceptors (Lipinski definition) is 2. The zero-order valence-corrected chi connectivity index (χ0v) is 9.59.